The molecule has 0 fully saturated rings. The van der Waals surface area contributed by atoms with Crippen molar-refractivity contribution in [2.24, 2.45) is 0 Å². The first kappa shape index (κ1) is 24.7. The highest BCUT2D eigenvalue weighted by Crippen LogP contribution is 2.28. The Kier molecular flexibility index (Phi) is 7.76. The van der Waals surface area contributed by atoms with Gasteiger partial charge in [-0.2, -0.15) is 8.42 Å². The number of hydrogen-bond donors (Lipinski definition) is 1. The van der Waals surface area contributed by atoms with E-state index in [1.54, 1.807) is 44.2 Å². The van der Waals surface area contributed by atoms with Crippen molar-refractivity contribution in [1.29, 1.82) is 0 Å². The van der Waals surface area contributed by atoms with E-state index in [0.29, 0.717) is 29.2 Å². The molecular weight excluding hydrogens is 440 g/mol. The maximum absolute atomic E-state index is 12.8. The largest absolute Gasteiger partial charge is 0.490 e. The zero-order valence-electron chi connectivity index (χ0n) is 19.3. The number of carbonyl (C=O) groups is 1. The van der Waals surface area contributed by atoms with E-state index in [9.17, 15) is 17.8 Å². The molecule has 2 atom stereocenters. The second kappa shape index (κ2) is 10.4. The first-order valence-electron chi connectivity index (χ1n) is 11.1. The Morgan fingerprint density at radius 1 is 1.03 bits per heavy atom. The summed E-state index contributed by atoms with van der Waals surface area (Å²) < 4.78 is 44.5. The van der Waals surface area contributed by atoms with E-state index in [4.69, 9.17) is 9.47 Å². The minimum Gasteiger partial charge on any atom is -0.490 e. The highest BCUT2D eigenvalue weighted by molar-refractivity contribution is 7.90. The Labute approximate surface area is 195 Å². The van der Waals surface area contributed by atoms with Crippen LogP contribution in [-0.2, 0) is 14.9 Å². The predicted molar refractivity (Wildman–Crippen MR) is 128 cm³/mol. The molecule has 2 aromatic carbocycles. The maximum Gasteiger partial charge on any atom is 0.298 e. The van der Waals surface area contributed by atoms with Crippen LogP contribution in [-0.4, -0.2) is 31.0 Å². The SMILES string of the molecule is CCC(C)c1ccc(C(=O)c2ccc(OC3C=C(S(=O)(=O)O)C(OC(C)C)=CC3)cc2)cc1. The summed E-state index contributed by atoms with van der Waals surface area (Å²) in [6.45, 7) is 7.83. The highest BCUT2D eigenvalue weighted by atomic mass is 32.2. The molecule has 0 aliphatic heterocycles. The van der Waals surface area contributed by atoms with Crippen molar-refractivity contribution in [3.8, 4) is 5.75 Å². The molecular formula is C26H30O6S. The monoisotopic (exact) mass is 470 g/mol. The van der Waals surface area contributed by atoms with Crippen molar-refractivity contribution in [3.63, 3.8) is 0 Å². The molecule has 6 nitrogen and oxygen atoms in total. The van der Waals surface area contributed by atoms with Crippen molar-refractivity contribution in [1.82, 2.24) is 0 Å². The molecule has 0 bridgehead atoms. The molecule has 0 saturated heterocycles. The van der Waals surface area contributed by atoms with Crippen molar-refractivity contribution in [2.75, 3.05) is 0 Å². The van der Waals surface area contributed by atoms with Crippen LogP contribution in [0.1, 0.15) is 67.9 Å². The zero-order chi connectivity index (χ0) is 24.2. The van der Waals surface area contributed by atoms with Crippen LogP contribution in [0.4, 0.5) is 0 Å². The van der Waals surface area contributed by atoms with Gasteiger partial charge in [0.15, 0.2) is 5.78 Å². The van der Waals surface area contributed by atoms with Crippen LogP contribution in [0.15, 0.2) is 71.3 Å². The van der Waals surface area contributed by atoms with Gasteiger partial charge in [0, 0.05) is 17.5 Å². The average Bonchev–Trinajstić information content (AvgIpc) is 2.78. The molecule has 0 saturated carbocycles. The van der Waals surface area contributed by atoms with Crippen molar-refractivity contribution in [2.45, 2.75) is 58.7 Å². The van der Waals surface area contributed by atoms with Crippen LogP contribution in [0.2, 0.25) is 0 Å². The molecule has 3 rings (SSSR count). The molecule has 0 aromatic heterocycles. The van der Waals surface area contributed by atoms with E-state index < -0.39 is 16.2 Å². The van der Waals surface area contributed by atoms with Crippen molar-refractivity contribution < 1.29 is 27.2 Å². The fraction of sp³-hybridized carbons (Fsp3) is 0.346. The number of benzene rings is 2. The lowest BCUT2D eigenvalue weighted by atomic mass is 9.95. The number of ketones is 1. The third kappa shape index (κ3) is 6.33. The fourth-order valence-electron chi connectivity index (χ4n) is 3.52. The fourth-order valence-corrected chi connectivity index (χ4v) is 4.23. The quantitative estimate of drug-likeness (QED) is 0.376. The van der Waals surface area contributed by atoms with Crippen LogP contribution >= 0.6 is 0 Å². The van der Waals surface area contributed by atoms with Gasteiger partial charge in [-0.15, -0.1) is 0 Å². The summed E-state index contributed by atoms with van der Waals surface area (Å²) in [5.41, 5.74) is 2.36. The molecule has 1 aliphatic carbocycles. The van der Waals surface area contributed by atoms with Crippen LogP contribution < -0.4 is 4.74 Å². The first-order valence-corrected chi connectivity index (χ1v) is 12.5. The summed E-state index contributed by atoms with van der Waals surface area (Å²) in [6.07, 6.45) is 3.51. The lowest BCUT2D eigenvalue weighted by molar-refractivity contribution is 0.103. The number of carbonyl (C=O) groups excluding carboxylic acids is 1. The third-order valence-electron chi connectivity index (χ3n) is 5.51. The standard InChI is InChI=1S/C26H30O6S/c1-5-18(4)19-6-8-20(9-7-19)26(27)21-10-12-22(13-11-21)32-23-14-15-24(31-17(2)3)25(16-23)33(28,29)30/h6-13,15-18,23H,5,14H2,1-4H3,(H,28,29,30). The van der Waals surface area contributed by atoms with Gasteiger partial charge in [-0.05, 0) is 68.2 Å². The second-order valence-electron chi connectivity index (χ2n) is 8.42. The normalized spacial score (nSPS) is 17.2. The smallest absolute Gasteiger partial charge is 0.298 e. The van der Waals surface area contributed by atoms with Gasteiger partial charge in [0.25, 0.3) is 10.1 Å². The Hall–Kier alpha value is -2.90. The summed E-state index contributed by atoms with van der Waals surface area (Å²) >= 11 is 0. The van der Waals surface area contributed by atoms with Gasteiger partial charge in [-0.25, -0.2) is 0 Å². The maximum atomic E-state index is 12.8. The van der Waals surface area contributed by atoms with Gasteiger partial charge in [0.05, 0.1) is 6.10 Å². The van der Waals surface area contributed by atoms with Crippen LogP contribution in [0.25, 0.3) is 0 Å². The number of rotatable bonds is 9. The molecule has 2 aromatic rings. The van der Waals surface area contributed by atoms with E-state index in [1.807, 2.05) is 24.3 Å². The summed E-state index contributed by atoms with van der Waals surface area (Å²) in [6, 6.07) is 14.4. The molecule has 1 N–H and O–H groups in total. The molecule has 1 aliphatic rings. The van der Waals surface area contributed by atoms with Crippen LogP contribution in [0.5, 0.6) is 5.75 Å². The molecule has 0 amide bonds. The van der Waals surface area contributed by atoms with Gasteiger partial charge in [0.2, 0.25) is 0 Å². The molecule has 176 valence electrons. The van der Waals surface area contributed by atoms with E-state index in [1.165, 1.54) is 11.6 Å². The molecule has 0 heterocycles. The van der Waals surface area contributed by atoms with Gasteiger partial charge in [0.1, 0.15) is 22.5 Å². The predicted octanol–water partition coefficient (Wildman–Crippen LogP) is 5.66. The minimum absolute atomic E-state index is 0.0816. The summed E-state index contributed by atoms with van der Waals surface area (Å²) in [5.74, 6) is 0.967. The second-order valence-corrected chi connectivity index (χ2v) is 9.81. The summed E-state index contributed by atoms with van der Waals surface area (Å²) in [4.78, 5) is 12.5. The molecule has 7 heteroatoms. The topological polar surface area (TPSA) is 89.9 Å². The lowest BCUT2D eigenvalue weighted by Crippen LogP contribution is -2.22. The average molecular weight is 471 g/mol. The number of ether oxygens (including phenoxy) is 2. The summed E-state index contributed by atoms with van der Waals surface area (Å²) in [5, 5.41) is 0. The Morgan fingerprint density at radius 3 is 2.12 bits per heavy atom. The van der Waals surface area contributed by atoms with Gasteiger partial charge in [-0.3, -0.25) is 9.35 Å². The van der Waals surface area contributed by atoms with E-state index >= 15 is 0 Å². The van der Waals surface area contributed by atoms with Gasteiger partial charge >= 0.3 is 0 Å². The molecule has 0 spiro atoms. The van der Waals surface area contributed by atoms with Crippen LogP contribution in [0.3, 0.4) is 0 Å². The molecule has 0 radical (unpaired) electrons. The molecule has 2 unspecified atom stereocenters. The Bertz CT molecular complexity index is 1140. The highest BCUT2D eigenvalue weighted by Gasteiger charge is 2.27. The molecule has 33 heavy (non-hydrogen) atoms. The van der Waals surface area contributed by atoms with Gasteiger partial charge < -0.3 is 9.47 Å². The third-order valence-corrected chi connectivity index (χ3v) is 6.41. The van der Waals surface area contributed by atoms with E-state index in [-0.39, 0.29) is 22.6 Å². The summed E-state index contributed by atoms with van der Waals surface area (Å²) in [7, 11) is -4.46. The Morgan fingerprint density at radius 2 is 1.61 bits per heavy atom. The van der Waals surface area contributed by atoms with Gasteiger partial charge in [-0.1, -0.05) is 38.1 Å². The minimum atomic E-state index is -4.46. The zero-order valence-corrected chi connectivity index (χ0v) is 20.1. The van der Waals surface area contributed by atoms with E-state index in [2.05, 4.69) is 13.8 Å². The lowest BCUT2D eigenvalue weighted by Gasteiger charge is -2.23. The Balaban J connectivity index is 1.71. The number of hydrogen-bond acceptors (Lipinski definition) is 5. The first-order chi connectivity index (χ1) is 15.6. The van der Waals surface area contributed by atoms with Crippen molar-refractivity contribution >= 4 is 15.9 Å². The van der Waals surface area contributed by atoms with Crippen LogP contribution in [0, 0.1) is 0 Å². The van der Waals surface area contributed by atoms with Crippen molar-refractivity contribution in [3.05, 3.63) is 88.0 Å². The van der Waals surface area contributed by atoms with E-state index in [0.717, 1.165) is 6.42 Å².